The second kappa shape index (κ2) is 12.0. The van der Waals surface area contributed by atoms with E-state index in [2.05, 4.69) is 15.3 Å². The molecule has 2 aromatic heterocycles. The molecule has 1 saturated heterocycles. The van der Waals surface area contributed by atoms with Gasteiger partial charge >= 0.3 is 17.9 Å². The van der Waals surface area contributed by atoms with Crippen LogP contribution in [0.3, 0.4) is 0 Å². The molecule has 0 unspecified atom stereocenters. The van der Waals surface area contributed by atoms with Crippen molar-refractivity contribution >= 4 is 23.1 Å². The number of benzene rings is 1. The van der Waals surface area contributed by atoms with Crippen LogP contribution >= 0.6 is 0 Å². The van der Waals surface area contributed by atoms with Crippen LogP contribution in [0.1, 0.15) is 37.3 Å². The van der Waals surface area contributed by atoms with Crippen LogP contribution in [0.4, 0.5) is 26.7 Å². The van der Waals surface area contributed by atoms with Crippen LogP contribution in [0.2, 0.25) is 0 Å². The Bertz CT molecular complexity index is 1410. The van der Waals surface area contributed by atoms with Crippen molar-refractivity contribution in [3.8, 4) is 0 Å². The molecule has 9 nitrogen and oxygen atoms in total. The first-order valence-electron chi connectivity index (χ1n) is 12.8. The number of likely N-dealkylation sites (tertiary alicyclic amines) is 1. The lowest BCUT2D eigenvalue weighted by molar-refractivity contribution is -0.159. The number of pyridine rings is 1. The van der Waals surface area contributed by atoms with Gasteiger partial charge < -0.3 is 15.1 Å². The van der Waals surface area contributed by atoms with Crippen molar-refractivity contribution in [2.75, 3.05) is 26.7 Å². The van der Waals surface area contributed by atoms with Gasteiger partial charge in [0.15, 0.2) is 17.3 Å². The topological polar surface area (TPSA) is 103 Å². The number of imidazole rings is 1. The van der Waals surface area contributed by atoms with E-state index in [0.29, 0.717) is 28.9 Å². The quantitative estimate of drug-likeness (QED) is 0.404. The van der Waals surface area contributed by atoms with Gasteiger partial charge in [0.25, 0.3) is 0 Å². The molecule has 216 valence electrons. The van der Waals surface area contributed by atoms with Crippen LogP contribution in [-0.2, 0) is 11.2 Å². The Morgan fingerprint density at radius 3 is 2.60 bits per heavy atom. The van der Waals surface area contributed by atoms with Crippen LogP contribution in [0.5, 0.6) is 0 Å². The van der Waals surface area contributed by atoms with E-state index in [0.717, 1.165) is 13.1 Å². The Morgan fingerprint density at radius 2 is 1.90 bits per heavy atom. The zero-order valence-electron chi connectivity index (χ0n) is 21.7. The lowest BCUT2D eigenvalue weighted by atomic mass is 10.0. The van der Waals surface area contributed by atoms with Crippen molar-refractivity contribution in [1.82, 2.24) is 29.7 Å². The number of nitrogens with one attached hydrogen (secondary N) is 2. The Hall–Kier alpha value is -3.97. The number of nitrogens with zero attached hydrogens (tertiary/aromatic N) is 4. The molecule has 0 bridgehead atoms. The number of aryl methyl sites for hydroxylation is 1. The van der Waals surface area contributed by atoms with Crippen molar-refractivity contribution in [2.24, 2.45) is 0 Å². The zero-order valence-corrected chi connectivity index (χ0v) is 21.7. The molecule has 1 aliphatic heterocycles. The lowest BCUT2D eigenvalue weighted by Gasteiger charge is -2.34. The van der Waals surface area contributed by atoms with E-state index in [1.807, 2.05) is 0 Å². The van der Waals surface area contributed by atoms with Gasteiger partial charge in [-0.05, 0) is 55.9 Å². The first-order chi connectivity index (χ1) is 18.9. The van der Waals surface area contributed by atoms with E-state index in [-0.39, 0.29) is 49.6 Å². The molecule has 1 fully saturated rings. The highest BCUT2D eigenvalue weighted by Gasteiger charge is 2.35. The van der Waals surface area contributed by atoms with Gasteiger partial charge in [-0.3, -0.25) is 14.3 Å². The van der Waals surface area contributed by atoms with Crippen molar-refractivity contribution in [2.45, 2.75) is 50.4 Å². The van der Waals surface area contributed by atoms with Gasteiger partial charge in [0.1, 0.15) is 12.6 Å². The van der Waals surface area contributed by atoms with E-state index < -0.39 is 42.3 Å². The summed E-state index contributed by atoms with van der Waals surface area (Å²) in [6, 6.07) is 5.01. The van der Waals surface area contributed by atoms with Crippen LogP contribution in [0.15, 0.2) is 41.3 Å². The minimum absolute atomic E-state index is 0.0197. The summed E-state index contributed by atoms with van der Waals surface area (Å²) in [5, 5.41) is 2.53. The number of aromatic nitrogens is 3. The summed E-state index contributed by atoms with van der Waals surface area (Å²) in [5.74, 6) is -3.01. The minimum atomic E-state index is -4.64. The molecule has 1 aliphatic rings. The smallest absolute Gasteiger partial charge is 0.335 e. The standard InChI is InChI=1S/C26H29F5N6O3/c1-35(15-26(29,30)31)23(38)19(8-3-6-16-5-2-7-18(27)21(16)28)33-24(39)36-13-10-17(11-14-36)37-20-9-4-12-32-22(20)34-25(37)40/h2,4-5,7,9,12,17,19H,3,6,8,10-11,13-15H2,1H3,(H,33,39)(H,32,34,40)/t19-/m1/s1. The maximum absolute atomic E-state index is 14.0. The highest BCUT2D eigenvalue weighted by molar-refractivity contribution is 5.87. The fraction of sp³-hybridized carbons (Fsp3) is 0.462. The first-order valence-corrected chi connectivity index (χ1v) is 12.8. The third-order valence-electron chi connectivity index (χ3n) is 6.97. The SMILES string of the molecule is CN(CC(F)(F)F)C(=O)[C@@H](CCCc1cccc(F)c1F)NC(=O)N1CCC(n2c(=O)[nH]c3ncccc32)CC1. The van der Waals surface area contributed by atoms with Crippen molar-refractivity contribution < 1.29 is 31.5 Å². The van der Waals surface area contributed by atoms with Gasteiger partial charge in [-0.1, -0.05) is 12.1 Å². The molecule has 3 amide bonds. The van der Waals surface area contributed by atoms with Crippen LogP contribution in [-0.4, -0.2) is 75.2 Å². The molecule has 1 aromatic carbocycles. The van der Waals surface area contributed by atoms with Crippen molar-refractivity contribution in [3.05, 3.63) is 64.2 Å². The molecule has 0 spiro atoms. The van der Waals surface area contributed by atoms with Gasteiger partial charge in [-0.25, -0.2) is 23.4 Å². The van der Waals surface area contributed by atoms with E-state index in [1.165, 1.54) is 17.0 Å². The number of fused-ring (bicyclic) bond motifs is 1. The minimum Gasteiger partial charge on any atom is -0.335 e. The number of carbonyl (C=O) groups excluding carboxylic acids is 2. The Labute approximate surface area is 226 Å². The third kappa shape index (κ3) is 6.77. The normalized spacial score (nSPS) is 15.3. The number of aromatic amines is 1. The van der Waals surface area contributed by atoms with E-state index >= 15 is 0 Å². The maximum atomic E-state index is 14.0. The highest BCUT2D eigenvalue weighted by atomic mass is 19.4. The molecule has 14 heteroatoms. The average molecular weight is 569 g/mol. The van der Waals surface area contributed by atoms with Gasteiger partial charge in [0, 0.05) is 32.4 Å². The second-order valence-electron chi connectivity index (χ2n) is 9.81. The van der Waals surface area contributed by atoms with E-state index in [1.54, 1.807) is 22.9 Å². The number of hydrogen-bond acceptors (Lipinski definition) is 4. The van der Waals surface area contributed by atoms with Crippen LogP contribution in [0.25, 0.3) is 11.2 Å². The summed E-state index contributed by atoms with van der Waals surface area (Å²) < 4.78 is 67.9. The zero-order chi connectivity index (χ0) is 29.0. The fourth-order valence-electron chi connectivity index (χ4n) is 5.00. The number of halogens is 5. The number of piperidine rings is 1. The number of likely N-dealkylation sites (N-methyl/N-ethyl adjacent to an activating group) is 1. The Morgan fingerprint density at radius 1 is 1.18 bits per heavy atom. The molecule has 0 radical (unpaired) electrons. The highest BCUT2D eigenvalue weighted by Crippen LogP contribution is 2.25. The van der Waals surface area contributed by atoms with Crippen LogP contribution < -0.4 is 11.0 Å². The predicted octanol–water partition coefficient (Wildman–Crippen LogP) is 3.76. The van der Waals surface area contributed by atoms with E-state index in [9.17, 15) is 36.3 Å². The molecule has 40 heavy (non-hydrogen) atoms. The average Bonchev–Trinajstić information content (AvgIpc) is 3.24. The fourth-order valence-corrected chi connectivity index (χ4v) is 5.00. The molecule has 4 rings (SSSR count). The summed E-state index contributed by atoms with van der Waals surface area (Å²) in [5.41, 5.74) is 0.842. The number of hydrogen-bond donors (Lipinski definition) is 2. The van der Waals surface area contributed by atoms with Crippen molar-refractivity contribution in [1.29, 1.82) is 0 Å². The predicted molar refractivity (Wildman–Crippen MR) is 136 cm³/mol. The largest absolute Gasteiger partial charge is 0.406 e. The van der Waals surface area contributed by atoms with E-state index in [4.69, 9.17) is 0 Å². The molecule has 3 heterocycles. The number of amides is 3. The number of alkyl halides is 3. The molecule has 1 atom stereocenters. The second-order valence-corrected chi connectivity index (χ2v) is 9.81. The summed E-state index contributed by atoms with van der Waals surface area (Å²) in [6.45, 7) is -1.02. The molecular weight excluding hydrogens is 539 g/mol. The Kier molecular flexibility index (Phi) is 8.74. The third-order valence-corrected chi connectivity index (χ3v) is 6.97. The van der Waals surface area contributed by atoms with Gasteiger partial charge in [-0.2, -0.15) is 13.2 Å². The van der Waals surface area contributed by atoms with Crippen molar-refractivity contribution in [3.63, 3.8) is 0 Å². The molecule has 0 saturated carbocycles. The summed E-state index contributed by atoms with van der Waals surface area (Å²) >= 11 is 0. The summed E-state index contributed by atoms with van der Waals surface area (Å²) in [6.07, 6.45) is -2.17. The molecule has 3 aromatic rings. The number of rotatable bonds is 8. The maximum Gasteiger partial charge on any atom is 0.406 e. The monoisotopic (exact) mass is 568 g/mol. The summed E-state index contributed by atoms with van der Waals surface area (Å²) in [4.78, 5) is 47.2. The Balaban J connectivity index is 1.41. The molecule has 0 aliphatic carbocycles. The first kappa shape index (κ1) is 29.0. The molecule has 2 N–H and O–H groups in total. The molecular formula is C26H29F5N6O3. The summed E-state index contributed by atoms with van der Waals surface area (Å²) in [7, 11) is 0.987. The van der Waals surface area contributed by atoms with Gasteiger partial charge in [0.05, 0.1) is 5.52 Å². The van der Waals surface area contributed by atoms with Gasteiger partial charge in [-0.15, -0.1) is 0 Å². The lowest BCUT2D eigenvalue weighted by Crippen LogP contribution is -2.54. The number of urea groups is 1. The number of H-pyrrole nitrogens is 1. The van der Waals surface area contributed by atoms with Gasteiger partial charge in [0.2, 0.25) is 5.91 Å². The number of carbonyl (C=O) groups is 2. The van der Waals surface area contributed by atoms with Crippen LogP contribution in [0, 0.1) is 11.6 Å².